The van der Waals surface area contributed by atoms with Gasteiger partial charge in [0.05, 0.1) is 0 Å². The van der Waals surface area contributed by atoms with Crippen LogP contribution >= 0.6 is 0 Å². The summed E-state index contributed by atoms with van der Waals surface area (Å²) in [6.45, 7) is 9.02. The third-order valence-electron chi connectivity index (χ3n) is 4.23. The largest absolute Gasteiger partial charge is 0.349 e. The smallest absolute Gasteiger partial charge is 0.226 e. The maximum absolute atomic E-state index is 12.5. The molecule has 0 aromatic carbocycles. The zero-order valence-corrected chi connectivity index (χ0v) is 12.5. The predicted molar refractivity (Wildman–Crippen MR) is 76.2 cm³/mol. The van der Waals surface area contributed by atoms with Gasteiger partial charge < -0.3 is 11.1 Å². The maximum atomic E-state index is 12.5. The van der Waals surface area contributed by atoms with E-state index in [0.29, 0.717) is 12.5 Å². The molecule has 1 saturated carbocycles. The fraction of sp³-hybridized carbons (Fsp3) is 0.933. The van der Waals surface area contributed by atoms with Crippen LogP contribution in [0.2, 0.25) is 0 Å². The third kappa shape index (κ3) is 3.98. The molecule has 18 heavy (non-hydrogen) atoms. The minimum Gasteiger partial charge on any atom is -0.349 e. The molecule has 0 aromatic rings. The van der Waals surface area contributed by atoms with Gasteiger partial charge >= 0.3 is 0 Å². The molecule has 1 fully saturated rings. The number of nitrogens with one attached hydrogen (secondary N) is 1. The topological polar surface area (TPSA) is 55.1 Å². The molecule has 3 nitrogen and oxygen atoms in total. The summed E-state index contributed by atoms with van der Waals surface area (Å²) in [7, 11) is 0. The molecule has 0 bridgehead atoms. The van der Waals surface area contributed by atoms with Crippen LogP contribution in [0.1, 0.15) is 66.2 Å². The second kappa shape index (κ2) is 6.05. The summed E-state index contributed by atoms with van der Waals surface area (Å²) in [6.07, 6.45) is 6.58. The summed E-state index contributed by atoms with van der Waals surface area (Å²) in [5, 5.41) is 3.22. The van der Waals surface area contributed by atoms with Crippen molar-refractivity contribution in [2.75, 3.05) is 6.54 Å². The molecule has 3 heteroatoms. The molecule has 3 N–H and O–H groups in total. The van der Waals surface area contributed by atoms with Crippen molar-refractivity contribution in [2.24, 2.45) is 17.1 Å². The van der Waals surface area contributed by atoms with Crippen LogP contribution < -0.4 is 11.1 Å². The Labute approximate surface area is 112 Å². The Morgan fingerprint density at radius 3 is 2.33 bits per heavy atom. The molecular weight excluding hydrogens is 224 g/mol. The third-order valence-corrected chi connectivity index (χ3v) is 4.23. The lowest BCUT2D eigenvalue weighted by Gasteiger charge is -2.38. The van der Waals surface area contributed by atoms with Crippen LogP contribution in [0.5, 0.6) is 0 Å². The molecule has 0 saturated heterocycles. The summed E-state index contributed by atoms with van der Waals surface area (Å²) in [5.74, 6) is 0.744. The summed E-state index contributed by atoms with van der Waals surface area (Å²) < 4.78 is 0. The molecular formula is C15H30N2O. The Morgan fingerprint density at radius 2 is 1.89 bits per heavy atom. The molecule has 0 heterocycles. The highest BCUT2D eigenvalue weighted by atomic mass is 16.2. The Bertz CT molecular complexity index is 282. The lowest BCUT2D eigenvalue weighted by molar-refractivity contribution is -0.133. The normalized spacial score (nSPS) is 22.6. The SMILES string of the molecule is CC(C)CC(C)(CN)NC(=O)C1(C)CCCCC1. The van der Waals surface area contributed by atoms with Crippen molar-refractivity contribution in [2.45, 2.75) is 71.8 Å². The molecule has 1 atom stereocenters. The minimum absolute atomic E-state index is 0.175. The predicted octanol–water partition coefficient (Wildman–Crippen LogP) is 2.84. The van der Waals surface area contributed by atoms with E-state index in [1.165, 1.54) is 19.3 Å². The van der Waals surface area contributed by atoms with Crippen molar-refractivity contribution in [1.29, 1.82) is 0 Å². The van der Waals surface area contributed by atoms with Gasteiger partial charge in [0.2, 0.25) is 5.91 Å². The summed E-state index contributed by atoms with van der Waals surface area (Å²) in [5.41, 5.74) is 5.43. The highest BCUT2D eigenvalue weighted by Gasteiger charge is 2.38. The van der Waals surface area contributed by atoms with Crippen molar-refractivity contribution in [3.63, 3.8) is 0 Å². The molecule has 1 aliphatic carbocycles. The second-order valence-corrected chi connectivity index (χ2v) is 6.94. The van der Waals surface area contributed by atoms with E-state index in [0.717, 1.165) is 19.3 Å². The summed E-state index contributed by atoms with van der Waals surface area (Å²) in [6, 6.07) is 0. The first-order chi connectivity index (χ1) is 8.31. The van der Waals surface area contributed by atoms with Crippen LogP contribution in [0, 0.1) is 11.3 Å². The molecule has 1 aliphatic rings. The van der Waals surface area contributed by atoms with E-state index in [9.17, 15) is 4.79 Å². The van der Waals surface area contributed by atoms with E-state index in [1.54, 1.807) is 0 Å². The number of amides is 1. The molecule has 0 aliphatic heterocycles. The number of hydrogen-bond donors (Lipinski definition) is 2. The van der Waals surface area contributed by atoms with Gasteiger partial charge in [-0.25, -0.2) is 0 Å². The van der Waals surface area contributed by atoms with Gasteiger partial charge in [-0.2, -0.15) is 0 Å². The number of nitrogens with two attached hydrogens (primary N) is 1. The average molecular weight is 254 g/mol. The Morgan fingerprint density at radius 1 is 1.33 bits per heavy atom. The van der Waals surface area contributed by atoms with Crippen LogP contribution in [0.25, 0.3) is 0 Å². The van der Waals surface area contributed by atoms with E-state index < -0.39 is 0 Å². The average Bonchev–Trinajstić information content (AvgIpc) is 2.28. The van der Waals surface area contributed by atoms with E-state index >= 15 is 0 Å². The van der Waals surface area contributed by atoms with Gasteiger partial charge in [0.25, 0.3) is 0 Å². The Balaban J connectivity index is 2.66. The van der Waals surface area contributed by atoms with Crippen molar-refractivity contribution >= 4 is 5.91 Å². The van der Waals surface area contributed by atoms with Crippen molar-refractivity contribution in [3.8, 4) is 0 Å². The van der Waals surface area contributed by atoms with E-state index in [2.05, 4.69) is 33.0 Å². The zero-order valence-electron chi connectivity index (χ0n) is 12.5. The highest BCUT2D eigenvalue weighted by Crippen LogP contribution is 2.36. The van der Waals surface area contributed by atoms with Crippen molar-refractivity contribution in [1.82, 2.24) is 5.32 Å². The van der Waals surface area contributed by atoms with E-state index in [4.69, 9.17) is 5.73 Å². The quantitative estimate of drug-likeness (QED) is 0.792. The number of carbonyl (C=O) groups excluding carboxylic acids is 1. The molecule has 1 unspecified atom stereocenters. The highest BCUT2D eigenvalue weighted by molar-refractivity contribution is 5.83. The monoisotopic (exact) mass is 254 g/mol. The van der Waals surface area contributed by atoms with Gasteiger partial charge in [0.1, 0.15) is 0 Å². The van der Waals surface area contributed by atoms with Crippen LogP contribution in [0.15, 0.2) is 0 Å². The lowest BCUT2D eigenvalue weighted by atomic mass is 9.74. The fourth-order valence-corrected chi connectivity index (χ4v) is 3.07. The van der Waals surface area contributed by atoms with Crippen molar-refractivity contribution in [3.05, 3.63) is 0 Å². The first-order valence-electron chi connectivity index (χ1n) is 7.34. The number of hydrogen-bond acceptors (Lipinski definition) is 2. The summed E-state index contributed by atoms with van der Waals surface area (Å²) >= 11 is 0. The second-order valence-electron chi connectivity index (χ2n) is 6.94. The molecule has 0 aromatic heterocycles. The summed E-state index contributed by atoms with van der Waals surface area (Å²) in [4.78, 5) is 12.5. The molecule has 106 valence electrons. The van der Waals surface area contributed by atoms with E-state index in [1.807, 2.05) is 0 Å². The van der Waals surface area contributed by atoms with Crippen LogP contribution in [0.3, 0.4) is 0 Å². The first kappa shape index (κ1) is 15.5. The molecule has 1 rings (SSSR count). The standard InChI is InChI=1S/C15H30N2O/c1-12(2)10-15(4,11-16)17-13(18)14(3)8-6-5-7-9-14/h12H,5-11,16H2,1-4H3,(H,17,18). The van der Waals surface area contributed by atoms with Gasteiger partial charge in [-0.05, 0) is 32.1 Å². The Kier molecular flexibility index (Phi) is 5.20. The van der Waals surface area contributed by atoms with Crippen molar-refractivity contribution < 1.29 is 4.79 Å². The minimum atomic E-state index is -0.258. The van der Waals surface area contributed by atoms with Crippen LogP contribution in [0.4, 0.5) is 0 Å². The lowest BCUT2D eigenvalue weighted by Crippen LogP contribution is -2.56. The van der Waals surface area contributed by atoms with E-state index in [-0.39, 0.29) is 16.9 Å². The fourth-order valence-electron chi connectivity index (χ4n) is 3.07. The molecule has 0 radical (unpaired) electrons. The number of rotatable bonds is 5. The maximum Gasteiger partial charge on any atom is 0.226 e. The van der Waals surface area contributed by atoms with Gasteiger partial charge in [-0.15, -0.1) is 0 Å². The van der Waals surface area contributed by atoms with Crippen LogP contribution in [-0.2, 0) is 4.79 Å². The molecule has 0 spiro atoms. The zero-order chi connectivity index (χ0) is 13.8. The van der Waals surface area contributed by atoms with Gasteiger partial charge in [-0.3, -0.25) is 4.79 Å². The van der Waals surface area contributed by atoms with Gasteiger partial charge in [0, 0.05) is 17.5 Å². The number of carbonyl (C=O) groups is 1. The van der Waals surface area contributed by atoms with Gasteiger partial charge in [-0.1, -0.05) is 40.0 Å². The van der Waals surface area contributed by atoms with Gasteiger partial charge in [0.15, 0.2) is 0 Å². The Hall–Kier alpha value is -0.570. The first-order valence-corrected chi connectivity index (χ1v) is 7.34. The van der Waals surface area contributed by atoms with Crippen LogP contribution in [-0.4, -0.2) is 18.0 Å². The molecule has 1 amide bonds.